The van der Waals surface area contributed by atoms with Crippen LogP contribution in [0.25, 0.3) is 22.3 Å². The van der Waals surface area contributed by atoms with Gasteiger partial charge in [0, 0.05) is 85.1 Å². The van der Waals surface area contributed by atoms with E-state index in [2.05, 4.69) is 317 Å². The first-order chi connectivity index (χ1) is 35.2. The van der Waals surface area contributed by atoms with Crippen molar-refractivity contribution in [3.05, 3.63) is 297 Å². The molecule has 2 N–H and O–H groups in total. The molecule has 0 saturated carbocycles. The number of nitrogen functional groups attached to an aromatic ring is 1. The van der Waals surface area contributed by atoms with E-state index < -0.39 is 0 Å². The third kappa shape index (κ3) is 9.36. The molecular weight excluding hydrogens is 863 g/mol. The summed E-state index contributed by atoms with van der Waals surface area (Å²) >= 11 is 0. The van der Waals surface area contributed by atoms with Gasteiger partial charge in [0.05, 0.1) is 0 Å². The Balaban J connectivity index is 1.15. The van der Waals surface area contributed by atoms with Crippen LogP contribution >= 0.6 is 0 Å². The van der Waals surface area contributed by atoms with Gasteiger partial charge < -0.3 is 25.3 Å². The zero-order valence-electron chi connectivity index (χ0n) is 39.2. The highest BCUT2D eigenvalue weighted by molar-refractivity contribution is 5.96. The van der Waals surface area contributed by atoms with Crippen LogP contribution in [0.2, 0.25) is 0 Å². The molecule has 0 amide bonds. The van der Waals surface area contributed by atoms with Gasteiger partial charge in [0.15, 0.2) is 0 Å². The van der Waals surface area contributed by atoms with Crippen molar-refractivity contribution < 1.29 is 0 Å². The second-order valence-corrected chi connectivity index (χ2v) is 17.3. The van der Waals surface area contributed by atoms with E-state index in [1.807, 2.05) is 0 Å². The molecule has 11 aromatic rings. The van der Waals surface area contributed by atoms with Crippen LogP contribution in [0.3, 0.4) is 0 Å². The van der Waals surface area contributed by atoms with E-state index in [0.717, 1.165) is 90.5 Å². The van der Waals surface area contributed by atoms with Crippen molar-refractivity contribution >= 4 is 73.9 Å². The summed E-state index contributed by atoms with van der Waals surface area (Å²) in [5.41, 5.74) is 24.5. The molecular formula is C66H51N5. The van der Waals surface area contributed by atoms with Gasteiger partial charge in [0.2, 0.25) is 0 Å². The molecule has 0 saturated heterocycles. The second kappa shape index (κ2) is 20.3. The molecule has 0 spiro atoms. The molecule has 0 aromatic heterocycles. The Labute approximate surface area is 416 Å². The molecule has 11 rings (SSSR count). The summed E-state index contributed by atoms with van der Waals surface area (Å²) in [6.45, 7) is 0. The Morgan fingerprint density at radius 2 is 0.366 bits per heavy atom. The molecule has 0 aliphatic heterocycles. The number of hydrogen-bond acceptors (Lipinski definition) is 5. The lowest BCUT2D eigenvalue weighted by atomic mass is 9.94. The van der Waals surface area contributed by atoms with Gasteiger partial charge >= 0.3 is 0 Å². The standard InChI is InChI=1S/C66H51N5/c67-66-64(50-44-60(68(52-26-9-1-10-27-52)53-28-11-2-12-29-53)48-61(45-50)69(54-30-13-3-14-31-54)55-32-15-4-16-33-55)42-25-43-65(66)51-46-62(70(56-34-17-5-18-35-56)57-36-19-6-20-37-57)49-63(47-51)71(58-38-21-7-22-39-58)59-40-23-8-24-41-59/h1-49H,67H2. The van der Waals surface area contributed by atoms with Gasteiger partial charge in [0.25, 0.3) is 0 Å². The van der Waals surface area contributed by atoms with Crippen molar-refractivity contribution in [1.82, 2.24) is 0 Å². The predicted molar refractivity (Wildman–Crippen MR) is 300 cm³/mol. The molecule has 0 bridgehead atoms. The maximum Gasteiger partial charge on any atom is 0.0488 e. The monoisotopic (exact) mass is 913 g/mol. The summed E-state index contributed by atoms with van der Waals surface area (Å²) < 4.78 is 0. The highest BCUT2D eigenvalue weighted by Crippen LogP contribution is 2.48. The average molecular weight is 914 g/mol. The number of nitrogens with two attached hydrogens (primary N) is 1. The molecule has 0 atom stereocenters. The van der Waals surface area contributed by atoms with E-state index in [1.54, 1.807) is 0 Å². The van der Waals surface area contributed by atoms with Gasteiger partial charge in [-0.1, -0.05) is 164 Å². The van der Waals surface area contributed by atoms with E-state index in [-0.39, 0.29) is 0 Å². The first-order valence-electron chi connectivity index (χ1n) is 24.0. The maximum absolute atomic E-state index is 7.69. The van der Waals surface area contributed by atoms with Gasteiger partial charge in [-0.2, -0.15) is 0 Å². The molecule has 0 heterocycles. The largest absolute Gasteiger partial charge is 0.398 e. The van der Waals surface area contributed by atoms with E-state index in [1.165, 1.54) is 0 Å². The van der Waals surface area contributed by atoms with Crippen molar-refractivity contribution in [1.29, 1.82) is 0 Å². The third-order valence-corrected chi connectivity index (χ3v) is 12.7. The first kappa shape index (κ1) is 44.0. The van der Waals surface area contributed by atoms with Crippen LogP contribution in [0.1, 0.15) is 0 Å². The van der Waals surface area contributed by atoms with Gasteiger partial charge in [-0.15, -0.1) is 0 Å². The van der Waals surface area contributed by atoms with Gasteiger partial charge in [-0.3, -0.25) is 0 Å². The Morgan fingerprint density at radius 1 is 0.183 bits per heavy atom. The lowest BCUT2D eigenvalue weighted by Gasteiger charge is -2.31. The third-order valence-electron chi connectivity index (χ3n) is 12.7. The summed E-state index contributed by atoms with van der Waals surface area (Å²) in [5.74, 6) is 0. The van der Waals surface area contributed by atoms with Gasteiger partial charge in [-0.25, -0.2) is 0 Å². The van der Waals surface area contributed by atoms with E-state index >= 15 is 0 Å². The quantitative estimate of drug-likeness (QED) is 0.110. The minimum Gasteiger partial charge on any atom is -0.398 e. The Bertz CT molecular complexity index is 2880. The maximum atomic E-state index is 7.69. The second-order valence-electron chi connectivity index (χ2n) is 17.3. The van der Waals surface area contributed by atoms with Crippen LogP contribution in [-0.4, -0.2) is 0 Å². The minimum atomic E-state index is 0.674. The molecule has 71 heavy (non-hydrogen) atoms. The number of nitrogens with zero attached hydrogens (tertiary/aromatic N) is 4. The van der Waals surface area contributed by atoms with E-state index in [9.17, 15) is 0 Å². The molecule has 5 heteroatoms. The SMILES string of the molecule is Nc1c(-c2cc(N(c3ccccc3)c3ccccc3)cc(N(c3ccccc3)c3ccccc3)c2)cccc1-c1cc(N(c2ccccc2)c2ccccc2)cc(N(c2ccccc2)c2ccccc2)c1. The zero-order valence-corrected chi connectivity index (χ0v) is 39.2. The van der Waals surface area contributed by atoms with E-state index in [4.69, 9.17) is 5.73 Å². The van der Waals surface area contributed by atoms with Crippen LogP contribution in [-0.2, 0) is 0 Å². The Kier molecular flexibility index (Phi) is 12.6. The van der Waals surface area contributed by atoms with E-state index in [0.29, 0.717) is 5.69 Å². The fourth-order valence-electron chi connectivity index (χ4n) is 9.49. The summed E-state index contributed by atoms with van der Waals surface area (Å²) in [4.78, 5) is 9.28. The van der Waals surface area contributed by atoms with Crippen molar-refractivity contribution in [3.63, 3.8) is 0 Å². The van der Waals surface area contributed by atoms with Crippen molar-refractivity contribution in [3.8, 4) is 22.3 Å². The normalized spacial score (nSPS) is 10.9. The smallest absolute Gasteiger partial charge is 0.0488 e. The zero-order chi connectivity index (χ0) is 47.8. The molecule has 0 fully saturated rings. The summed E-state index contributed by atoms with van der Waals surface area (Å²) in [6.07, 6.45) is 0. The molecule has 0 unspecified atom stereocenters. The van der Waals surface area contributed by atoms with Crippen LogP contribution in [0.4, 0.5) is 73.9 Å². The molecule has 0 radical (unpaired) electrons. The summed E-state index contributed by atoms with van der Waals surface area (Å²) in [6, 6.07) is 105. The van der Waals surface area contributed by atoms with Crippen molar-refractivity contribution in [2.24, 2.45) is 0 Å². The fraction of sp³-hybridized carbons (Fsp3) is 0. The minimum absolute atomic E-state index is 0.674. The van der Waals surface area contributed by atoms with Crippen LogP contribution in [0, 0.1) is 0 Å². The molecule has 340 valence electrons. The Hall–Kier alpha value is -9.58. The average Bonchev–Trinajstić information content (AvgIpc) is 3.44. The van der Waals surface area contributed by atoms with Gasteiger partial charge in [0.1, 0.15) is 0 Å². The molecule has 0 aliphatic rings. The van der Waals surface area contributed by atoms with Crippen LogP contribution in [0.5, 0.6) is 0 Å². The highest BCUT2D eigenvalue weighted by atomic mass is 15.2. The molecule has 5 nitrogen and oxygen atoms in total. The number of hydrogen-bond donors (Lipinski definition) is 1. The highest BCUT2D eigenvalue weighted by Gasteiger charge is 2.23. The molecule has 11 aromatic carbocycles. The number of para-hydroxylation sites is 9. The topological polar surface area (TPSA) is 39.0 Å². The fourth-order valence-corrected chi connectivity index (χ4v) is 9.49. The van der Waals surface area contributed by atoms with Crippen molar-refractivity contribution in [2.45, 2.75) is 0 Å². The lowest BCUT2D eigenvalue weighted by Crippen LogP contribution is -2.14. The van der Waals surface area contributed by atoms with Crippen LogP contribution in [0.15, 0.2) is 297 Å². The predicted octanol–water partition coefficient (Wildman–Crippen LogP) is 18.5. The number of anilines is 13. The number of benzene rings is 11. The summed E-state index contributed by atoms with van der Waals surface area (Å²) in [7, 11) is 0. The number of rotatable bonds is 14. The van der Waals surface area contributed by atoms with Gasteiger partial charge in [-0.05, 0) is 145 Å². The van der Waals surface area contributed by atoms with Crippen molar-refractivity contribution in [2.75, 3.05) is 25.3 Å². The van der Waals surface area contributed by atoms with Crippen LogP contribution < -0.4 is 25.3 Å². The lowest BCUT2D eigenvalue weighted by molar-refractivity contribution is 1.25. The molecule has 0 aliphatic carbocycles. The Morgan fingerprint density at radius 3 is 0.549 bits per heavy atom. The summed E-state index contributed by atoms with van der Waals surface area (Å²) in [5, 5.41) is 0. The first-order valence-corrected chi connectivity index (χ1v) is 24.0.